The summed E-state index contributed by atoms with van der Waals surface area (Å²) in [7, 11) is 0. The fourth-order valence-corrected chi connectivity index (χ4v) is 2.34. The van der Waals surface area contributed by atoms with Gasteiger partial charge in [-0.1, -0.05) is 24.3 Å². The molecule has 1 saturated carbocycles. The summed E-state index contributed by atoms with van der Waals surface area (Å²) in [6.07, 6.45) is 2.54. The van der Waals surface area contributed by atoms with Crippen LogP contribution in [-0.4, -0.2) is 9.97 Å². The van der Waals surface area contributed by atoms with Crippen molar-refractivity contribution in [3.05, 3.63) is 41.1 Å². The number of nitrogens with two attached hydrogens (primary N) is 1. The molecule has 4 nitrogen and oxygen atoms in total. The van der Waals surface area contributed by atoms with Crippen LogP contribution < -0.4 is 11.3 Å². The van der Waals surface area contributed by atoms with Crippen LogP contribution >= 0.6 is 0 Å². The molecule has 0 aliphatic heterocycles. The monoisotopic (exact) mass is 254 g/mol. The van der Waals surface area contributed by atoms with Crippen LogP contribution in [0, 0.1) is 13.8 Å². The Morgan fingerprint density at radius 3 is 2.58 bits per heavy atom. The van der Waals surface area contributed by atoms with Crippen molar-refractivity contribution < 1.29 is 0 Å². The van der Waals surface area contributed by atoms with Gasteiger partial charge >= 0.3 is 0 Å². The van der Waals surface area contributed by atoms with Gasteiger partial charge in [0.1, 0.15) is 5.82 Å². The van der Waals surface area contributed by atoms with Crippen LogP contribution in [-0.2, 0) is 0 Å². The van der Waals surface area contributed by atoms with Gasteiger partial charge in [-0.25, -0.2) is 15.8 Å². The highest BCUT2D eigenvalue weighted by atomic mass is 15.3. The van der Waals surface area contributed by atoms with Gasteiger partial charge in [0.05, 0.1) is 0 Å². The van der Waals surface area contributed by atoms with E-state index in [1.807, 2.05) is 19.9 Å². The Kier molecular flexibility index (Phi) is 2.95. The Morgan fingerprint density at radius 2 is 1.89 bits per heavy atom. The van der Waals surface area contributed by atoms with Crippen LogP contribution in [0.15, 0.2) is 24.3 Å². The third-order valence-corrected chi connectivity index (χ3v) is 3.74. The highest BCUT2D eigenvalue weighted by Crippen LogP contribution is 2.43. The summed E-state index contributed by atoms with van der Waals surface area (Å²) in [4.78, 5) is 9.16. The summed E-state index contributed by atoms with van der Waals surface area (Å²) in [6, 6.07) is 8.40. The van der Waals surface area contributed by atoms with E-state index in [2.05, 4.69) is 33.6 Å². The van der Waals surface area contributed by atoms with Crippen LogP contribution in [0.3, 0.4) is 0 Å². The second kappa shape index (κ2) is 4.63. The maximum Gasteiger partial charge on any atom is 0.162 e. The van der Waals surface area contributed by atoms with Crippen LogP contribution in [0.2, 0.25) is 0 Å². The SMILES string of the molecule is Cc1nc(-c2ccccc2C2CC2)nc(NN)c1C. The molecule has 1 aliphatic carbocycles. The number of benzene rings is 1. The number of nitrogen functional groups attached to an aromatic ring is 1. The average molecular weight is 254 g/mol. The molecule has 3 N–H and O–H groups in total. The molecule has 0 unspecified atom stereocenters. The van der Waals surface area contributed by atoms with Crippen molar-refractivity contribution in [2.45, 2.75) is 32.6 Å². The molecule has 0 spiro atoms. The zero-order chi connectivity index (χ0) is 13.4. The molecule has 1 heterocycles. The second-order valence-corrected chi connectivity index (χ2v) is 5.11. The molecule has 1 fully saturated rings. The van der Waals surface area contributed by atoms with Gasteiger partial charge in [0.15, 0.2) is 5.82 Å². The molecule has 0 atom stereocenters. The maximum atomic E-state index is 5.54. The average Bonchev–Trinajstić information content (AvgIpc) is 3.26. The number of hydrogen-bond acceptors (Lipinski definition) is 4. The van der Waals surface area contributed by atoms with E-state index in [4.69, 9.17) is 5.84 Å². The summed E-state index contributed by atoms with van der Waals surface area (Å²) in [6.45, 7) is 3.96. The lowest BCUT2D eigenvalue weighted by atomic mass is 10.0. The Balaban J connectivity index is 2.14. The number of nitrogens with zero attached hydrogens (tertiary/aromatic N) is 2. The van der Waals surface area contributed by atoms with E-state index in [1.165, 1.54) is 18.4 Å². The molecule has 0 radical (unpaired) electrons. The number of hydrazine groups is 1. The van der Waals surface area contributed by atoms with Crippen LogP contribution in [0.25, 0.3) is 11.4 Å². The first-order chi connectivity index (χ1) is 9.20. The quantitative estimate of drug-likeness (QED) is 0.653. The number of anilines is 1. The van der Waals surface area contributed by atoms with Gasteiger partial charge in [-0.2, -0.15) is 0 Å². The van der Waals surface area contributed by atoms with E-state index in [9.17, 15) is 0 Å². The van der Waals surface area contributed by atoms with Crippen molar-refractivity contribution in [2.24, 2.45) is 5.84 Å². The van der Waals surface area contributed by atoms with Gasteiger partial charge in [0.25, 0.3) is 0 Å². The molecule has 1 aromatic heterocycles. The minimum Gasteiger partial charge on any atom is -0.308 e. The van der Waals surface area contributed by atoms with Gasteiger partial charge in [-0.05, 0) is 38.2 Å². The predicted molar refractivity (Wildman–Crippen MR) is 76.7 cm³/mol. The molecular formula is C15H18N4. The standard InChI is InChI=1S/C15H18N4/c1-9-10(2)17-15(18-14(9)19-16)13-6-4-3-5-12(13)11-7-8-11/h3-6,11H,7-8,16H2,1-2H3,(H,17,18,19). The molecule has 98 valence electrons. The number of aryl methyl sites for hydroxylation is 1. The Morgan fingerprint density at radius 1 is 1.16 bits per heavy atom. The zero-order valence-corrected chi connectivity index (χ0v) is 11.3. The molecule has 1 aromatic carbocycles. The molecular weight excluding hydrogens is 236 g/mol. The number of rotatable bonds is 3. The fourth-order valence-electron chi connectivity index (χ4n) is 2.34. The van der Waals surface area contributed by atoms with Crippen LogP contribution in [0.4, 0.5) is 5.82 Å². The predicted octanol–water partition coefficient (Wildman–Crippen LogP) is 2.92. The first kappa shape index (κ1) is 12.1. The molecule has 1 aliphatic rings. The van der Waals surface area contributed by atoms with Gasteiger partial charge < -0.3 is 5.43 Å². The Bertz CT molecular complexity index is 618. The summed E-state index contributed by atoms with van der Waals surface area (Å²) < 4.78 is 0. The minimum atomic E-state index is 0.677. The van der Waals surface area contributed by atoms with Crippen LogP contribution in [0.5, 0.6) is 0 Å². The van der Waals surface area contributed by atoms with Crippen molar-refractivity contribution in [3.63, 3.8) is 0 Å². The second-order valence-electron chi connectivity index (χ2n) is 5.11. The van der Waals surface area contributed by atoms with Crippen molar-refractivity contribution in [3.8, 4) is 11.4 Å². The molecule has 0 saturated heterocycles. The van der Waals surface area contributed by atoms with Crippen molar-refractivity contribution >= 4 is 5.82 Å². The minimum absolute atomic E-state index is 0.677. The van der Waals surface area contributed by atoms with Gasteiger partial charge in [-0.3, -0.25) is 0 Å². The molecule has 0 amide bonds. The first-order valence-corrected chi connectivity index (χ1v) is 6.62. The number of hydrogen-bond donors (Lipinski definition) is 2. The third-order valence-electron chi connectivity index (χ3n) is 3.74. The first-order valence-electron chi connectivity index (χ1n) is 6.62. The zero-order valence-electron chi connectivity index (χ0n) is 11.3. The topological polar surface area (TPSA) is 63.8 Å². The molecule has 4 heteroatoms. The van der Waals surface area contributed by atoms with Crippen molar-refractivity contribution in [1.82, 2.24) is 9.97 Å². The normalized spacial score (nSPS) is 14.5. The summed E-state index contributed by atoms with van der Waals surface area (Å²) in [5, 5.41) is 0. The summed E-state index contributed by atoms with van der Waals surface area (Å²) in [5.41, 5.74) is 7.10. The van der Waals surface area contributed by atoms with E-state index in [-0.39, 0.29) is 0 Å². The maximum absolute atomic E-state index is 5.54. The van der Waals surface area contributed by atoms with E-state index in [1.54, 1.807) is 0 Å². The van der Waals surface area contributed by atoms with Crippen LogP contribution in [0.1, 0.15) is 35.6 Å². The largest absolute Gasteiger partial charge is 0.308 e. The Hall–Kier alpha value is -1.94. The summed E-state index contributed by atoms with van der Waals surface area (Å²) in [5.74, 6) is 7.68. The number of nitrogens with one attached hydrogen (secondary N) is 1. The van der Waals surface area contributed by atoms with Gasteiger partial charge in [0, 0.05) is 16.8 Å². The molecule has 3 rings (SSSR count). The van der Waals surface area contributed by atoms with Gasteiger partial charge in [0.2, 0.25) is 0 Å². The fraction of sp³-hybridized carbons (Fsp3) is 0.333. The highest BCUT2D eigenvalue weighted by Gasteiger charge is 2.27. The van der Waals surface area contributed by atoms with E-state index in [0.29, 0.717) is 11.7 Å². The highest BCUT2D eigenvalue weighted by molar-refractivity contribution is 5.64. The lowest BCUT2D eigenvalue weighted by Gasteiger charge is -2.12. The molecule has 2 aromatic rings. The number of aromatic nitrogens is 2. The van der Waals surface area contributed by atoms with Crippen molar-refractivity contribution in [2.75, 3.05) is 5.43 Å². The summed E-state index contributed by atoms with van der Waals surface area (Å²) >= 11 is 0. The Labute approximate surface area is 113 Å². The third kappa shape index (κ3) is 2.19. The van der Waals surface area contributed by atoms with Crippen molar-refractivity contribution in [1.29, 1.82) is 0 Å². The van der Waals surface area contributed by atoms with Gasteiger partial charge in [-0.15, -0.1) is 0 Å². The lowest BCUT2D eigenvalue weighted by molar-refractivity contribution is 1.04. The molecule has 19 heavy (non-hydrogen) atoms. The van der Waals surface area contributed by atoms with E-state index in [0.717, 1.165) is 22.6 Å². The van der Waals surface area contributed by atoms with E-state index >= 15 is 0 Å². The lowest BCUT2D eigenvalue weighted by Crippen LogP contribution is -2.12. The molecule has 0 bridgehead atoms. The van der Waals surface area contributed by atoms with E-state index < -0.39 is 0 Å². The smallest absolute Gasteiger partial charge is 0.162 e.